The van der Waals surface area contributed by atoms with Gasteiger partial charge in [-0.15, -0.1) is 0 Å². The third kappa shape index (κ3) is 8.01. The van der Waals surface area contributed by atoms with E-state index in [0.29, 0.717) is 37.0 Å². The average Bonchev–Trinajstić information content (AvgIpc) is 3.54. The van der Waals surface area contributed by atoms with Gasteiger partial charge in [0.15, 0.2) is 0 Å². The van der Waals surface area contributed by atoms with Crippen molar-refractivity contribution >= 4 is 44.9 Å². The summed E-state index contributed by atoms with van der Waals surface area (Å²) in [5.41, 5.74) is 4.75. The highest BCUT2D eigenvalue weighted by Gasteiger charge is 2.26. The molecule has 1 aliphatic carbocycles. The molecule has 0 bridgehead atoms. The number of rotatable bonds is 9. The molecule has 3 aromatic heterocycles. The van der Waals surface area contributed by atoms with Crippen molar-refractivity contribution in [3.8, 4) is 11.1 Å². The van der Waals surface area contributed by atoms with Crippen LogP contribution >= 0.6 is 15.9 Å². The maximum atomic E-state index is 14.4. The predicted octanol–water partition coefficient (Wildman–Crippen LogP) is 6.06. The van der Waals surface area contributed by atoms with Gasteiger partial charge in [0.2, 0.25) is 0 Å². The first kappa shape index (κ1) is 33.8. The molecule has 1 saturated heterocycles. The maximum absolute atomic E-state index is 14.4. The molecular formula is C37H37BrF2N8O2. The first-order chi connectivity index (χ1) is 24.3. The van der Waals surface area contributed by atoms with E-state index in [1.807, 2.05) is 24.3 Å². The van der Waals surface area contributed by atoms with Crippen molar-refractivity contribution in [1.29, 1.82) is 0 Å². The van der Waals surface area contributed by atoms with Crippen molar-refractivity contribution in [2.75, 3.05) is 31.5 Å². The molecule has 0 unspecified atom stereocenters. The summed E-state index contributed by atoms with van der Waals surface area (Å²) >= 11 is 3.77. The number of pyridine rings is 2. The van der Waals surface area contributed by atoms with Gasteiger partial charge < -0.3 is 25.7 Å². The SMILES string of the molecule is O=C(N[C@H]1CC[C@@H](NC(=O)c2cc(F)cnc2Nc2cccc(-c3ccc(CN4CCNCC4)cc3Br)c2)CC1)c1cn2cc(F)ccc2n1. The molecule has 4 N–H and O–H groups in total. The zero-order valence-corrected chi connectivity index (χ0v) is 28.8. The van der Waals surface area contributed by atoms with E-state index in [0.717, 1.165) is 54.5 Å². The zero-order valence-electron chi connectivity index (χ0n) is 27.3. The van der Waals surface area contributed by atoms with E-state index in [1.165, 1.54) is 40.6 Å². The predicted molar refractivity (Wildman–Crippen MR) is 191 cm³/mol. The standard InChI is InChI=1S/C37H37BrF2N8O2/c38-32-16-23(20-47-14-12-41-13-15-47)4-10-30(32)24-2-1-3-29(17-24)43-35-31(18-26(40)19-42-35)36(49)44-27-6-8-28(9-7-27)45-37(50)33-22-48-21-25(39)5-11-34(48)46-33/h1-5,10-11,16-19,21-22,27-28,41H,6-9,12-15,20H2,(H,42,43)(H,44,49)(H,45,50)/t27-,28+. The minimum Gasteiger partial charge on any atom is -0.349 e. The van der Waals surface area contributed by atoms with Crippen LogP contribution in [0.4, 0.5) is 20.3 Å². The van der Waals surface area contributed by atoms with Crippen molar-refractivity contribution in [1.82, 2.24) is 35.2 Å². The molecule has 2 aliphatic rings. The molecule has 2 fully saturated rings. The number of hydrogen-bond acceptors (Lipinski definition) is 7. The van der Waals surface area contributed by atoms with Crippen molar-refractivity contribution < 1.29 is 18.4 Å². The second kappa shape index (κ2) is 15.0. The fourth-order valence-corrected chi connectivity index (χ4v) is 7.27. The summed E-state index contributed by atoms with van der Waals surface area (Å²) in [6, 6.07) is 18.0. The molecule has 0 radical (unpaired) electrons. The molecular weight excluding hydrogens is 706 g/mol. The Balaban J connectivity index is 0.967. The fourth-order valence-electron chi connectivity index (χ4n) is 6.61. The highest BCUT2D eigenvalue weighted by atomic mass is 79.9. The summed E-state index contributed by atoms with van der Waals surface area (Å²) in [6.45, 7) is 4.97. The molecule has 1 aliphatic heterocycles. The number of aromatic nitrogens is 3. The lowest BCUT2D eigenvalue weighted by Gasteiger charge is -2.29. The Bertz CT molecular complexity index is 2020. The molecule has 7 rings (SSSR count). The molecule has 50 heavy (non-hydrogen) atoms. The number of piperazine rings is 1. The Kier molecular flexibility index (Phi) is 10.2. The number of imidazole rings is 1. The molecule has 1 saturated carbocycles. The van der Waals surface area contributed by atoms with Crippen molar-refractivity contribution in [2.45, 2.75) is 44.3 Å². The highest BCUT2D eigenvalue weighted by Crippen LogP contribution is 2.32. The lowest BCUT2D eigenvalue weighted by molar-refractivity contribution is 0.0889. The van der Waals surface area contributed by atoms with Gasteiger partial charge in [-0.2, -0.15) is 0 Å². The van der Waals surface area contributed by atoms with Crippen LogP contribution in [0.3, 0.4) is 0 Å². The van der Waals surface area contributed by atoms with E-state index in [4.69, 9.17) is 0 Å². The number of nitrogens with zero attached hydrogens (tertiary/aromatic N) is 4. The van der Waals surface area contributed by atoms with Crippen LogP contribution < -0.4 is 21.3 Å². The lowest BCUT2D eigenvalue weighted by Crippen LogP contribution is -2.44. The van der Waals surface area contributed by atoms with Gasteiger partial charge in [0, 0.05) is 67.4 Å². The van der Waals surface area contributed by atoms with Crippen LogP contribution in [0.2, 0.25) is 0 Å². The summed E-state index contributed by atoms with van der Waals surface area (Å²) in [6.07, 6.45) is 6.40. The van der Waals surface area contributed by atoms with Gasteiger partial charge in [0.05, 0.1) is 11.8 Å². The van der Waals surface area contributed by atoms with Crippen LogP contribution in [0.5, 0.6) is 0 Å². The number of benzene rings is 2. The van der Waals surface area contributed by atoms with Crippen LogP contribution in [0.15, 0.2) is 83.7 Å². The minimum atomic E-state index is -0.611. The molecule has 0 atom stereocenters. The summed E-state index contributed by atoms with van der Waals surface area (Å²) in [5, 5.41) is 12.7. The number of carbonyl (C=O) groups is 2. The average molecular weight is 744 g/mol. The summed E-state index contributed by atoms with van der Waals surface area (Å²) in [4.78, 5) is 37.2. The number of fused-ring (bicyclic) bond motifs is 1. The molecule has 4 heterocycles. The van der Waals surface area contributed by atoms with Crippen LogP contribution in [0.25, 0.3) is 16.8 Å². The second-order valence-electron chi connectivity index (χ2n) is 12.8. The van der Waals surface area contributed by atoms with Gasteiger partial charge in [-0.3, -0.25) is 14.5 Å². The molecule has 2 amide bonds. The number of hydrogen-bond donors (Lipinski definition) is 4. The van der Waals surface area contributed by atoms with Gasteiger partial charge in [-0.1, -0.05) is 40.2 Å². The van der Waals surface area contributed by atoms with E-state index >= 15 is 0 Å². The highest BCUT2D eigenvalue weighted by molar-refractivity contribution is 9.10. The summed E-state index contributed by atoms with van der Waals surface area (Å²) in [7, 11) is 0. The molecule has 13 heteroatoms. The number of carbonyl (C=O) groups excluding carboxylic acids is 2. The Morgan fingerprint density at radius 3 is 2.40 bits per heavy atom. The first-order valence-electron chi connectivity index (χ1n) is 16.8. The Hall–Kier alpha value is -4.72. The molecule has 0 spiro atoms. The topological polar surface area (TPSA) is 116 Å². The Labute approximate surface area is 296 Å². The minimum absolute atomic E-state index is 0.0963. The van der Waals surface area contributed by atoms with Crippen LogP contribution in [-0.2, 0) is 6.54 Å². The van der Waals surface area contributed by atoms with E-state index in [-0.39, 0.29) is 35.1 Å². The summed E-state index contributed by atoms with van der Waals surface area (Å²) < 4.78 is 30.4. The van der Waals surface area contributed by atoms with Crippen molar-refractivity contribution in [3.63, 3.8) is 0 Å². The molecule has 5 aromatic rings. The quantitative estimate of drug-likeness (QED) is 0.145. The van der Waals surface area contributed by atoms with Gasteiger partial charge in [-0.05, 0) is 78.8 Å². The Morgan fingerprint density at radius 2 is 1.64 bits per heavy atom. The molecule has 2 aromatic carbocycles. The smallest absolute Gasteiger partial charge is 0.271 e. The first-order valence-corrected chi connectivity index (χ1v) is 17.6. The maximum Gasteiger partial charge on any atom is 0.271 e. The van der Waals surface area contributed by atoms with Crippen molar-refractivity contribution in [3.05, 3.63) is 112 Å². The molecule has 258 valence electrons. The van der Waals surface area contributed by atoms with Crippen LogP contribution in [0.1, 0.15) is 52.1 Å². The third-order valence-corrected chi connectivity index (χ3v) is 9.89. The fraction of sp³-hybridized carbons (Fsp3) is 0.297. The van der Waals surface area contributed by atoms with Gasteiger partial charge in [-0.25, -0.2) is 18.7 Å². The second-order valence-corrected chi connectivity index (χ2v) is 13.7. The van der Waals surface area contributed by atoms with Crippen LogP contribution in [0, 0.1) is 11.6 Å². The van der Waals surface area contributed by atoms with Crippen molar-refractivity contribution in [2.24, 2.45) is 0 Å². The normalized spacial score (nSPS) is 18.1. The monoisotopic (exact) mass is 742 g/mol. The Morgan fingerprint density at radius 1 is 0.880 bits per heavy atom. The van der Waals surface area contributed by atoms with E-state index in [1.54, 1.807) is 0 Å². The summed E-state index contributed by atoms with van der Waals surface area (Å²) in [5.74, 6) is -1.54. The van der Waals surface area contributed by atoms with Gasteiger partial charge in [0.1, 0.15) is 28.8 Å². The molecule has 10 nitrogen and oxygen atoms in total. The number of nitrogens with one attached hydrogen (secondary N) is 4. The lowest BCUT2D eigenvalue weighted by atomic mass is 9.91. The number of halogens is 3. The van der Waals surface area contributed by atoms with Gasteiger partial charge in [0.25, 0.3) is 11.8 Å². The van der Waals surface area contributed by atoms with E-state index in [9.17, 15) is 18.4 Å². The van der Waals surface area contributed by atoms with E-state index in [2.05, 4.69) is 70.3 Å². The number of anilines is 2. The largest absolute Gasteiger partial charge is 0.349 e. The van der Waals surface area contributed by atoms with E-state index < -0.39 is 17.5 Å². The number of amides is 2. The zero-order chi connectivity index (χ0) is 34.6. The third-order valence-electron chi connectivity index (χ3n) is 9.23. The van der Waals surface area contributed by atoms with Gasteiger partial charge >= 0.3 is 0 Å². The van der Waals surface area contributed by atoms with Crippen LogP contribution in [-0.4, -0.2) is 69.3 Å².